The summed E-state index contributed by atoms with van der Waals surface area (Å²) in [4.78, 5) is 13.8. The summed E-state index contributed by atoms with van der Waals surface area (Å²) in [6.45, 7) is 2.10. The molecule has 6 heteroatoms. The first-order chi connectivity index (χ1) is 9.47. The van der Waals surface area contributed by atoms with Crippen molar-refractivity contribution >= 4 is 17.3 Å². The molecule has 1 aromatic rings. The summed E-state index contributed by atoms with van der Waals surface area (Å²) in [5, 5.41) is 11.4. The zero-order valence-corrected chi connectivity index (χ0v) is 12.0. The number of ether oxygens (including phenoxy) is 1. The van der Waals surface area contributed by atoms with Crippen molar-refractivity contribution in [2.75, 3.05) is 31.8 Å². The van der Waals surface area contributed by atoms with Gasteiger partial charge in [0, 0.05) is 11.7 Å². The largest absolute Gasteiger partial charge is 0.495 e. The van der Waals surface area contributed by atoms with E-state index in [0.717, 1.165) is 0 Å². The number of rotatable bonds is 6. The standard InChI is InChI=1S/C14H20N4O2/c1-10(6-7-15)18(2)9-14(19)17-12-8-11(16)4-5-13(12)20-3/h4-5,8,10H,6,9,16H2,1-3H3,(H,17,19). The van der Waals surface area contributed by atoms with E-state index >= 15 is 0 Å². The third kappa shape index (κ3) is 4.44. The fourth-order valence-corrected chi connectivity index (χ4v) is 1.68. The molecule has 0 heterocycles. The Bertz CT molecular complexity index is 510. The molecule has 1 aromatic carbocycles. The second-order valence-corrected chi connectivity index (χ2v) is 4.63. The van der Waals surface area contributed by atoms with E-state index < -0.39 is 0 Å². The molecular formula is C14H20N4O2. The molecule has 0 spiro atoms. The highest BCUT2D eigenvalue weighted by atomic mass is 16.5. The molecule has 0 fully saturated rings. The van der Waals surface area contributed by atoms with Crippen molar-refractivity contribution in [1.29, 1.82) is 5.26 Å². The molecule has 108 valence electrons. The van der Waals surface area contributed by atoms with Crippen LogP contribution in [0.2, 0.25) is 0 Å². The van der Waals surface area contributed by atoms with Crippen LogP contribution in [-0.4, -0.2) is 37.6 Å². The van der Waals surface area contributed by atoms with Crippen molar-refractivity contribution in [2.24, 2.45) is 0 Å². The molecule has 0 saturated carbocycles. The van der Waals surface area contributed by atoms with Crippen molar-refractivity contribution in [3.05, 3.63) is 18.2 Å². The van der Waals surface area contributed by atoms with Gasteiger partial charge in [0.25, 0.3) is 0 Å². The number of methoxy groups -OCH3 is 1. The number of nitrogens with zero attached hydrogens (tertiary/aromatic N) is 2. The van der Waals surface area contributed by atoms with Crippen molar-refractivity contribution < 1.29 is 9.53 Å². The van der Waals surface area contributed by atoms with E-state index in [9.17, 15) is 4.79 Å². The average Bonchev–Trinajstić information content (AvgIpc) is 2.39. The third-order valence-electron chi connectivity index (χ3n) is 3.03. The number of nitriles is 1. The number of anilines is 2. The smallest absolute Gasteiger partial charge is 0.238 e. The van der Waals surface area contributed by atoms with Gasteiger partial charge in [-0.15, -0.1) is 0 Å². The Morgan fingerprint density at radius 2 is 2.30 bits per heavy atom. The van der Waals surface area contributed by atoms with Gasteiger partial charge >= 0.3 is 0 Å². The first kappa shape index (κ1) is 15.8. The second-order valence-electron chi connectivity index (χ2n) is 4.63. The Balaban J connectivity index is 2.67. The minimum absolute atomic E-state index is 0.0217. The van der Waals surface area contributed by atoms with Crippen LogP contribution in [0, 0.1) is 11.3 Å². The maximum Gasteiger partial charge on any atom is 0.238 e. The van der Waals surface area contributed by atoms with Crippen LogP contribution in [0.4, 0.5) is 11.4 Å². The van der Waals surface area contributed by atoms with Crippen LogP contribution >= 0.6 is 0 Å². The Morgan fingerprint density at radius 3 is 2.90 bits per heavy atom. The van der Waals surface area contributed by atoms with Gasteiger partial charge in [0.15, 0.2) is 0 Å². The van der Waals surface area contributed by atoms with Crippen LogP contribution in [0.25, 0.3) is 0 Å². The molecule has 0 saturated heterocycles. The van der Waals surface area contributed by atoms with Gasteiger partial charge in [0.2, 0.25) is 5.91 Å². The van der Waals surface area contributed by atoms with E-state index in [-0.39, 0.29) is 18.5 Å². The first-order valence-electron chi connectivity index (χ1n) is 6.28. The number of nitrogen functional groups attached to an aromatic ring is 1. The lowest BCUT2D eigenvalue weighted by molar-refractivity contribution is -0.117. The van der Waals surface area contributed by atoms with E-state index in [1.807, 2.05) is 11.8 Å². The zero-order valence-electron chi connectivity index (χ0n) is 12.0. The van der Waals surface area contributed by atoms with Crippen LogP contribution in [0.5, 0.6) is 5.75 Å². The summed E-state index contributed by atoms with van der Waals surface area (Å²) in [6, 6.07) is 7.16. The predicted octanol–water partition coefficient (Wildman–Crippen LogP) is 1.45. The summed E-state index contributed by atoms with van der Waals surface area (Å²) in [7, 11) is 3.33. The number of nitrogens with one attached hydrogen (secondary N) is 1. The van der Waals surface area contributed by atoms with Crippen molar-refractivity contribution in [2.45, 2.75) is 19.4 Å². The lowest BCUT2D eigenvalue weighted by atomic mass is 10.2. The number of hydrogen-bond acceptors (Lipinski definition) is 5. The van der Waals surface area contributed by atoms with Crippen LogP contribution in [-0.2, 0) is 4.79 Å². The Hall–Kier alpha value is -2.26. The topological polar surface area (TPSA) is 91.4 Å². The number of carbonyl (C=O) groups excluding carboxylic acids is 1. The number of hydrogen-bond donors (Lipinski definition) is 2. The molecule has 1 rings (SSSR count). The van der Waals surface area contributed by atoms with Gasteiger partial charge in [-0.05, 0) is 32.2 Å². The SMILES string of the molecule is COc1ccc(N)cc1NC(=O)CN(C)C(C)CC#N. The number of nitrogens with two attached hydrogens (primary N) is 1. The van der Waals surface area contributed by atoms with Crippen LogP contribution in [0.3, 0.4) is 0 Å². The quantitative estimate of drug-likeness (QED) is 0.767. The third-order valence-corrected chi connectivity index (χ3v) is 3.03. The van der Waals surface area contributed by atoms with Gasteiger partial charge in [0.05, 0.1) is 31.8 Å². The molecule has 0 radical (unpaired) electrons. The molecule has 0 bridgehead atoms. The molecular weight excluding hydrogens is 256 g/mol. The number of benzene rings is 1. The van der Waals surface area contributed by atoms with E-state index in [2.05, 4.69) is 11.4 Å². The Kier molecular flexibility index (Phi) is 5.81. The monoisotopic (exact) mass is 276 g/mol. The van der Waals surface area contributed by atoms with Crippen LogP contribution in [0.1, 0.15) is 13.3 Å². The molecule has 20 heavy (non-hydrogen) atoms. The fraction of sp³-hybridized carbons (Fsp3) is 0.429. The highest BCUT2D eigenvalue weighted by Gasteiger charge is 2.14. The van der Waals surface area contributed by atoms with Gasteiger partial charge in [-0.25, -0.2) is 0 Å². The average molecular weight is 276 g/mol. The zero-order chi connectivity index (χ0) is 15.1. The highest BCUT2D eigenvalue weighted by molar-refractivity contribution is 5.94. The summed E-state index contributed by atoms with van der Waals surface area (Å²) in [6.07, 6.45) is 0.380. The van der Waals surface area contributed by atoms with Crippen molar-refractivity contribution in [1.82, 2.24) is 4.90 Å². The van der Waals surface area contributed by atoms with E-state index in [1.54, 1.807) is 25.2 Å². The minimum Gasteiger partial charge on any atom is -0.495 e. The van der Waals surface area contributed by atoms with Gasteiger partial charge in [-0.2, -0.15) is 5.26 Å². The van der Waals surface area contributed by atoms with Gasteiger partial charge < -0.3 is 15.8 Å². The molecule has 6 nitrogen and oxygen atoms in total. The Labute approximate surface area is 119 Å². The first-order valence-corrected chi connectivity index (χ1v) is 6.28. The van der Waals surface area contributed by atoms with Crippen LogP contribution in [0.15, 0.2) is 18.2 Å². The maximum atomic E-state index is 12.0. The molecule has 1 unspecified atom stereocenters. The molecule has 0 aromatic heterocycles. The minimum atomic E-state index is -0.179. The lowest BCUT2D eigenvalue weighted by Crippen LogP contribution is -2.36. The summed E-state index contributed by atoms with van der Waals surface area (Å²) in [5.41, 5.74) is 6.78. The molecule has 3 N–H and O–H groups in total. The lowest BCUT2D eigenvalue weighted by Gasteiger charge is -2.22. The number of likely N-dealkylation sites (N-methyl/N-ethyl adjacent to an activating group) is 1. The van der Waals surface area contributed by atoms with Gasteiger partial charge in [-0.1, -0.05) is 0 Å². The summed E-state index contributed by atoms with van der Waals surface area (Å²) in [5.74, 6) is 0.376. The molecule has 0 aliphatic carbocycles. The molecule has 0 aliphatic rings. The fourth-order valence-electron chi connectivity index (χ4n) is 1.68. The molecule has 1 atom stereocenters. The van der Waals surface area contributed by atoms with Crippen molar-refractivity contribution in [3.8, 4) is 11.8 Å². The number of amides is 1. The maximum absolute atomic E-state index is 12.0. The van der Waals surface area contributed by atoms with Crippen molar-refractivity contribution in [3.63, 3.8) is 0 Å². The summed E-state index contributed by atoms with van der Waals surface area (Å²) >= 11 is 0. The summed E-state index contributed by atoms with van der Waals surface area (Å²) < 4.78 is 5.17. The van der Waals surface area contributed by atoms with E-state index in [4.69, 9.17) is 15.7 Å². The van der Waals surface area contributed by atoms with Gasteiger partial charge in [0.1, 0.15) is 5.75 Å². The Morgan fingerprint density at radius 1 is 1.60 bits per heavy atom. The molecule has 1 amide bonds. The van der Waals surface area contributed by atoms with Gasteiger partial charge in [-0.3, -0.25) is 9.69 Å². The number of carbonyl (C=O) groups is 1. The van der Waals surface area contributed by atoms with E-state index in [0.29, 0.717) is 23.5 Å². The highest BCUT2D eigenvalue weighted by Crippen LogP contribution is 2.26. The predicted molar refractivity (Wildman–Crippen MR) is 78.4 cm³/mol. The molecule has 0 aliphatic heterocycles. The van der Waals surface area contributed by atoms with E-state index in [1.165, 1.54) is 7.11 Å². The second kappa shape index (κ2) is 7.36. The normalized spacial score (nSPS) is 11.8. The van der Waals surface area contributed by atoms with Crippen LogP contribution < -0.4 is 15.8 Å².